The van der Waals surface area contributed by atoms with Gasteiger partial charge in [0.2, 0.25) is 5.95 Å². The Balaban J connectivity index is 1.75. The van der Waals surface area contributed by atoms with E-state index in [1.54, 1.807) is 0 Å². The van der Waals surface area contributed by atoms with Crippen LogP contribution in [0, 0.1) is 6.92 Å². The van der Waals surface area contributed by atoms with Gasteiger partial charge in [-0.15, -0.1) is 0 Å². The zero-order chi connectivity index (χ0) is 17.1. The fourth-order valence-electron chi connectivity index (χ4n) is 3.42. The average Bonchev–Trinajstić information content (AvgIpc) is 2.80. The minimum atomic E-state index is -0.771. The molecule has 2 aromatic rings. The van der Waals surface area contributed by atoms with Crippen LogP contribution in [0.2, 0.25) is 0 Å². The topological polar surface area (TPSA) is 69.6 Å². The lowest BCUT2D eigenvalue weighted by Gasteiger charge is -2.25. The Morgan fingerprint density at radius 2 is 2.08 bits per heavy atom. The van der Waals surface area contributed by atoms with E-state index >= 15 is 0 Å². The number of nitrogens with zero attached hydrogens (tertiary/aromatic N) is 4. The van der Waals surface area contributed by atoms with Crippen molar-refractivity contribution in [2.75, 3.05) is 31.6 Å². The van der Waals surface area contributed by atoms with E-state index in [1.165, 1.54) is 0 Å². The number of carboxylic acids is 1. The number of fused-ring (bicyclic) bond motifs is 1. The van der Waals surface area contributed by atoms with Crippen LogP contribution in [-0.2, 0) is 4.79 Å². The van der Waals surface area contributed by atoms with Gasteiger partial charge >= 0.3 is 5.97 Å². The zero-order valence-electron chi connectivity index (χ0n) is 14.3. The highest BCUT2D eigenvalue weighted by Crippen LogP contribution is 2.22. The molecular weight excluding hydrogens is 304 g/mol. The first kappa shape index (κ1) is 16.6. The molecular formula is C18H24N4O2. The fourth-order valence-corrected chi connectivity index (χ4v) is 3.42. The molecule has 0 amide bonds. The van der Waals surface area contributed by atoms with Crippen molar-refractivity contribution in [3.05, 3.63) is 30.0 Å². The van der Waals surface area contributed by atoms with Crippen LogP contribution in [0.15, 0.2) is 24.3 Å². The number of hydrogen-bond donors (Lipinski definition) is 1. The van der Waals surface area contributed by atoms with E-state index in [-0.39, 0.29) is 6.54 Å². The summed E-state index contributed by atoms with van der Waals surface area (Å²) >= 11 is 0. The zero-order valence-corrected chi connectivity index (χ0v) is 14.3. The monoisotopic (exact) mass is 328 g/mol. The SMILES string of the molecule is Cc1nc(N2CCCC(N(C)CC(=O)O)CC2)nc2ccccc12. The number of aliphatic carboxylic acids is 1. The van der Waals surface area contributed by atoms with Crippen molar-refractivity contribution >= 4 is 22.8 Å². The van der Waals surface area contributed by atoms with Crippen LogP contribution in [0.4, 0.5) is 5.95 Å². The second-order valence-corrected chi connectivity index (χ2v) is 6.51. The molecule has 0 radical (unpaired) electrons. The first-order valence-electron chi connectivity index (χ1n) is 8.45. The standard InChI is InChI=1S/C18H24N4O2/c1-13-15-7-3-4-8-16(15)20-18(19-13)22-10-5-6-14(9-11-22)21(2)12-17(23)24/h3-4,7-8,14H,5-6,9-12H2,1-2H3,(H,23,24). The van der Waals surface area contributed by atoms with Crippen LogP contribution < -0.4 is 4.90 Å². The van der Waals surface area contributed by atoms with Gasteiger partial charge < -0.3 is 10.0 Å². The Bertz CT molecular complexity index is 734. The van der Waals surface area contributed by atoms with Crippen molar-refractivity contribution in [2.24, 2.45) is 0 Å². The summed E-state index contributed by atoms with van der Waals surface area (Å²) in [5.41, 5.74) is 1.98. The molecule has 1 atom stereocenters. The Morgan fingerprint density at radius 3 is 2.88 bits per heavy atom. The number of hydrogen-bond acceptors (Lipinski definition) is 5. The first-order valence-corrected chi connectivity index (χ1v) is 8.45. The lowest BCUT2D eigenvalue weighted by Crippen LogP contribution is -2.36. The minimum Gasteiger partial charge on any atom is -0.480 e. The molecule has 6 heteroatoms. The van der Waals surface area contributed by atoms with E-state index in [4.69, 9.17) is 15.1 Å². The van der Waals surface area contributed by atoms with Crippen LogP contribution in [0.25, 0.3) is 10.9 Å². The summed E-state index contributed by atoms with van der Waals surface area (Å²) in [5, 5.41) is 10.1. The molecule has 1 aromatic carbocycles. The van der Waals surface area contributed by atoms with Crippen molar-refractivity contribution in [1.29, 1.82) is 0 Å². The first-order chi connectivity index (χ1) is 11.5. The molecule has 6 nitrogen and oxygen atoms in total. The molecule has 1 aliphatic rings. The summed E-state index contributed by atoms with van der Waals surface area (Å²) in [6.45, 7) is 3.88. The maximum atomic E-state index is 10.9. The highest BCUT2D eigenvalue weighted by Gasteiger charge is 2.23. The van der Waals surface area contributed by atoms with Crippen LogP contribution >= 0.6 is 0 Å². The number of carboxylic acid groups (broad SMARTS) is 1. The number of benzene rings is 1. The second kappa shape index (κ2) is 7.13. The molecule has 1 fully saturated rings. The Morgan fingerprint density at radius 1 is 1.29 bits per heavy atom. The van der Waals surface area contributed by atoms with Gasteiger partial charge in [0.15, 0.2) is 0 Å². The van der Waals surface area contributed by atoms with Crippen molar-refractivity contribution in [2.45, 2.75) is 32.2 Å². The number of aryl methyl sites for hydroxylation is 1. The van der Waals surface area contributed by atoms with Crippen LogP contribution in [0.3, 0.4) is 0 Å². The van der Waals surface area contributed by atoms with Gasteiger partial charge in [-0.2, -0.15) is 0 Å². The summed E-state index contributed by atoms with van der Waals surface area (Å²) < 4.78 is 0. The molecule has 0 bridgehead atoms. The molecule has 2 heterocycles. The maximum Gasteiger partial charge on any atom is 0.317 e. The molecule has 1 aromatic heterocycles. The quantitative estimate of drug-likeness (QED) is 0.929. The van der Waals surface area contributed by atoms with Gasteiger partial charge in [0, 0.05) is 24.5 Å². The molecule has 0 spiro atoms. The molecule has 0 saturated carbocycles. The smallest absolute Gasteiger partial charge is 0.317 e. The second-order valence-electron chi connectivity index (χ2n) is 6.51. The van der Waals surface area contributed by atoms with E-state index in [2.05, 4.69) is 4.90 Å². The normalized spacial score (nSPS) is 18.8. The molecule has 24 heavy (non-hydrogen) atoms. The molecule has 1 N–H and O–H groups in total. The number of rotatable bonds is 4. The highest BCUT2D eigenvalue weighted by atomic mass is 16.4. The molecule has 128 valence electrons. The number of para-hydroxylation sites is 1. The van der Waals surface area contributed by atoms with Gasteiger partial charge in [-0.25, -0.2) is 9.97 Å². The molecule has 3 rings (SSSR count). The Hall–Kier alpha value is -2.21. The molecule has 1 saturated heterocycles. The number of carbonyl (C=O) groups is 1. The summed E-state index contributed by atoms with van der Waals surface area (Å²) in [6, 6.07) is 8.38. The predicted molar refractivity (Wildman–Crippen MR) is 94.4 cm³/mol. The van der Waals surface area contributed by atoms with Crippen LogP contribution in [0.1, 0.15) is 25.0 Å². The van der Waals surface area contributed by atoms with Gasteiger partial charge in [0.05, 0.1) is 17.8 Å². The van der Waals surface area contributed by atoms with Gasteiger partial charge in [-0.05, 0) is 39.3 Å². The van der Waals surface area contributed by atoms with E-state index < -0.39 is 5.97 Å². The summed E-state index contributed by atoms with van der Waals surface area (Å²) in [5.74, 6) is 0.0137. The number of aromatic nitrogens is 2. The maximum absolute atomic E-state index is 10.9. The number of anilines is 1. The third-order valence-corrected chi connectivity index (χ3v) is 4.77. The predicted octanol–water partition coefficient (Wildman–Crippen LogP) is 2.31. The van der Waals surface area contributed by atoms with Crippen molar-refractivity contribution in [1.82, 2.24) is 14.9 Å². The van der Waals surface area contributed by atoms with Crippen molar-refractivity contribution < 1.29 is 9.90 Å². The van der Waals surface area contributed by atoms with E-state index in [0.717, 1.165) is 54.9 Å². The Kier molecular flexibility index (Phi) is 4.94. The van der Waals surface area contributed by atoms with Gasteiger partial charge in [0.1, 0.15) is 0 Å². The van der Waals surface area contributed by atoms with Crippen molar-refractivity contribution in [3.63, 3.8) is 0 Å². The van der Waals surface area contributed by atoms with Gasteiger partial charge in [-0.1, -0.05) is 18.2 Å². The molecule has 0 aliphatic carbocycles. The number of likely N-dealkylation sites (N-methyl/N-ethyl adjacent to an activating group) is 1. The Labute approximate surface area is 142 Å². The third-order valence-electron chi connectivity index (χ3n) is 4.77. The van der Waals surface area contributed by atoms with E-state index in [1.807, 2.05) is 43.1 Å². The minimum absolute atomic E-state index is 0.0935. The van der Waals surface area contributed by atoms with Crippen LogP contribution in [0.5, 0.6) is 0 Å². The van der Waals surface area contributed by atoms with Crippen molar-refractivity contribution in [3.8, 4) is 0 Å². The fraction of sp³-hybridized carbons (Fsp3) is 0.500. The lowest BCUT2D eigenvalue weighted by atomic mass is 10.1. The lowest BCUT2D eigenvalue weighted by molar-refractivity contribution is -0.138. The summed E-state index contributed by atoms with van der Waals surface area (Å²) in [4.78, 5) is 24.5. The van der Waals surface area contributed by atoms with E-state index in [9.17, 15) is 4.79 Å². The molecule has 1 aliphatic heterocycles. The third kappa shape index (κ3) is 3.64. The summed E-state index contributed by atoms with van der Waals surface area (Å²) in [6.07, 6.45) is 2.95. The van der Waals surface area contributed by atoms with Crippen LogP contribution in [-0.4, -0.2) is 58.7 Å². The summed E-state index contributed by atoms with van der Waals surface area (Å²) in [7, 11) is 1.89. The van der Waals surface area contributed by atoms with Gasteiger partial charge in [0.25, 0.3) is 0 Å². The van der Waals surface area contributed by atoms with E-state index in [0.29, 0.717) is 6.04 Å². The average molecular weight is 328 g/mol. The highest BCUT2D eigenvalue weighted by molar-refractivity contribution is 5.81. The largest absolute Gasteiger partial charge is 0.480 e. The van der Waals surface area contributed by atoms with Gasteiger partial charge in [-0.3, -0.25) is 9.69 Å². The molecule has 1 unspecified atom stereocenters.